The van der Waals surface area contributed by atoms with E-state index in [2.05, 4.69) is 10.4 Å². The molecule has 0 aromatic carbocycles. The van der Waals surface area contributed by atoms with Crippen LogP contribution in [0.4, 0.5) is 4.39 Å². The molecule has 0 aliphatic carbocycles. The van der Waals surface area contributed by atoms with E-state index in [1.807, 2.05) is 25.7 Å². The zero-order valence-corrected chi connectivity index (χ0v) is 16.3. The number of aryl methyl sites for hydroxylation is 1. The Balaban J connectivity index is 2.21. The molecule has 0 saturated carbocycles. The smallest absolute Gasteiger partial charge is 0.270 e. The second-order valence-electron chi connectivity index (χ2n) is 7.61. The molecule has 1 atom stereocenters. The maximum atomic E-state index is 12.9. The molecule has 1 fully saturated rings. The minimum atomic E-state index is -0.726. The highest BCUT2D eigenvalue weighted by Gasteiger charge is 2.27. The minimum absolute atomic E-state index is 0.158. The van der Waals surface area contributed by atoms with E-state index < -0.39 is 12.2 Å². The number of aromatic nitrogens is 2. The van der Waals surface area contributed by atoms with Crippen LogP contribution in [0.15, 0.2) is 10.9 Å². The normalized spacial score (nSPS) is 16.5. The summed E-state index contributed by atoms with van der Waals surface area (Å²) in [6, 6.07) is 1.17. The quantitative estimate of drug-likeness (QED) is 0.724. The van der Waals surface area contributed by atoms with Crippen molar-refractivity contribution in [1.29, 1.82) is 0 Å². The van der Waals surface area contributed by atoms with Gasteiger partial charge in [0.1, 0.15) is 12.2 Å². The number of halogens is 1. The SMILES string of the molecule is CCCNC(=O)C(CC(C)C)n1nc(CCN2CC(F)C2)cc(C)c1=O. The number of amides is 1. The van der Waals surface area contributed by atoms with Crippen molar-refractivity contribution in [2.45, 2.75) is 59.2 Å². The molecule has 7 heteroatoms. The van der Waals surface area contributed by atoms with Gasteiger partial charge >= 0.3 is 0 Å². The molecular weight excluding hydrogens is 335 g/mol. The molecule has 1 aromatic heterocycles. The van der Waals surface area contributed by atoms with Crippen LogP contribution in [0.2, 0.25) is 0 Å². The Hall–Kier alpha value is -1.76. The number of likely N-dealkylation sites (tertiary alicyclic amines) is 1. The van der Waals surface area contributed by atoms with Gasteiger partial charge in [-0.3, -0.25) is 14.5 Å². The van der Waals surface area contributed by atoms with Crippen LogP contribution in [-0.4, -0.2) is 52.9 Å². The maximum absolute atomic E-state index is 12.9. The highest BCUT2D eigenvalue weighted by Crippen LogP contribution is 2.17. The fourth-order valence-corrected chi connectivity index (χ4v) is 3.13. The van der Waals surface area contributed by atoms with Gasteiger partial charge in [0.15, 0.2) is 0 Å². The van der Waals surface area contributed by atoms with Gasteiger partial charge in [0, 0.05) is 38.2 Å². The first-order valence-corrected chi connectivity index (χ1v) is 9.55. The summed E-state index contributed by atoms with van der Waals surface area (Å²) < 4.78 is 14.3. The summed E-state index contributed by atoms with van der Waals surface area (Å²) in [7, 11) is 0. The maximum Gasteiger partial charge on any atom is 0.270 e. The molecule has 2 heterocycles. The lowest BCUT2D eigenvalue weighted by Crippen LogP contribution is -2.49. The average molecular weight is 366 g/mol. The van der Waals surface area contributed by atoms with Crippen LogP contribution in [-0.2, 0) is 11.2 Å². The summed E-state index contributed by atoms with van der Waals surface area (Å²) in [5.41, 5.74) is 1.12. The molecule has 1 aliphatic rings. The van der Waals surface area contributed by atoms with Gasteiger partial charge in [-0.15, -0.1) is 0 Å². The molecule has 1 N–H and O–H groups in total. The summed E-state index contributed by atoms with van der Waals surface area (Å²) in [6.07, 6.45) is 1.31. The van der Waals surface area contributed by atoms with Crippen molar-refractivity contribution < 1.29 is 9.18 Å². The Kier molecular flexibility index (Phi) is 7.32. The third-order valence-electron chi connectivity index (χ3n) is 4.60. The van der Waals surface area contributed by atoms with Crippen molar-refractivity contribution in [2.75, 3.05) is 26.2 Å². The summed E-state index contributed by atoms with van der Waals surface area (Å²) in [6.45, 7) is 10.0. The number of hydrogen-bond donors (Lipinski definition) is 1. The first-order chi connectivity index (χ1) is 12.3. The molecule has 146 valence electrons. The molecule has 1 aliphatic heterocycles. The molecule has 26 heavy (non-hydrogen) atoms. The van der Waals surface area contributed by atoms with Crippen LogP contribution in [0.5, 0.6) is 0 Å². The Labute approximate surface area is 154 Å². The molecule has 0 bridgehead atoms. The predicted molar refractivity (Wildman–Crippen MR) is 100 cm³/mol. The lowest BCUT2D eigenvalue weighted by Gasteiger charge is -2.34. The van der Waals surface area contributed by atoms with Crippen molar-refractivity contribution in [3.63, 3.8) is 0 Å². The van der Waals surface area contributed by atoms with Gasteiger partial charge in [0.05, 0.1) is 5.69 Å². The van der Waals surface area contributed by atoms with E-state index in [1.165, 1.54) is 4.68 Å². The van der Waals surface area contributed by atoms with Gasteiger partial charge in [0.25, 0.3) is 5.56 Å². The standard InChI is InChI=1S/C19H31FN4O2/c1-5-7-21-18(25)17(9-13(2)3)24-19(26)14(4)10-16(22-24)6-8-23-11-15(20)12-23/h10,13,15,17H,5-9,11-12H2,1-4H3,(H,21,25). The van der Waals surface area contributed by atoms with Gasteiger partial charge in [-0.25, -0.2) is 9.07 Å². The van der Waals surface area contributed by atoms with E-state index in [0.717, 1.165) is 12.1 Å². The summed E-state index contributed by atoms with van der Waals surface area (Å²) in [5, 5.41) is 7.38. The average Bonchev–Trinajstić information content (AvgIpc) is 2.56. The molecule has 1 aromatic rings. The first-order valence-electron chi connectivity index (χ1n) is 9.55. The molecule has 2 rings (SSSR count). The zero-order chi connectivity index (χ0) is 19.3. The highest BCUT2D eigenvalue weighted by atomic mass is 19.1. The third kappa shape index (κ3) is 5.37. The van der Waals surface area contributed by atoms with Crippen molar-refractivity contribution in [3.05, 3.63) is 27.7 Å². The van der Waals surface area contributed by atoms with E-state index in [4.69, 9.17) is 0 Å². The number of rotatable bonds is 9. The lowest BCUT2D eigenvalue weighted by atomic mass is 10.0. The van der Waals surface area contributed by atoms with Gasteiger partial charge in [-0.2, -0.15) is 5.10 Å². The van der Waals surface area contributed by atoms with Gasteiger partial charge in [-0.1, -0.05) is 20.8 Å². The lowest BCUT2D eigenvalue weighted by molar-refractivity contribution is -0.125. The van der Waals surface area contributed by atoms with Gasteiger partial charge in [-0.05, 0) is 31.7 Å². The fraction of sp³-hybridized carbons (Fsp3) is 0.737. The topological polar surface area (TPSA) is 67.2 Å². The predicted octanol–water partition coefficient (Wildman–Crippen LogP) is 1.86. The van der Waals surface area contributed by atoms with Crippen LogP contribution < -0.4 is 10.9 Å². The first kappa shape index (κ1) is 20.6. The van der Waals surface area contributed by atoms with E-state index >= 15 is 0 Å². The summed E-state index contributed by atoms with van der Waals surface area (Å²) >= 11 is 0. The zero-order valence-electron chi connectivity index (χ0n) is 16.3. The number of nitrogens with one attached hydrogen (secondary N) is 1. The van der Waals surface area contributed by atoms with E-state index in [1.54, 1.807) is 13.0 Å². The Bertz CT molecular complexity index is 668. The molecule has 1 amide bonds. The third-order valence-corrected chi connectivity index (χ3v) is 4.60. The van der Waals surface area contributed by atoms with Crippen molar-refractivity contribution in [3.8, 4) is 0 Å². The van der Waals surface area contributed by atoms with Crippen molar-refractivity contribution >= 4 is 5.91 Å². The number of alkyl halides is 1. The monoisotopic (exact) mass is 366 g/mol. The van der Waals surface area contributed by atoms with Crippen molar-refractivity contribution in [2.24, 2.45) is 5.92 Å². The van der Waals surface area contributed by atoms with Crippen LogP contribution in [0.3, 0.4) is 0 Å². The number of carbonyl (C=O) groups is 1. The molecule has 6 nitrogen and oxygen atoms in total. The van der Waals surface area contributed by atoms with Crippen LogP contribution >= 0.6 is 0 Å². The largest absolute Gasteiger partial charge is 0.354 e. The fourth-order valence-electron chi connectivity index (χ4n) is 3.13. The molecular formula is C19H31FN4O2. The molecule has 1 saturated heterocycles. The van der Waals surface area contributed by atoms with Crippen LogP contribution in [0, 0.1) is 12.8 Å². The Morgan fingerprint density at radius 2 is 2.12 bits per heavy atom. The minimum Gasteiger partial charge on any atom is -0.354 e. The van der Waals surface area contributed by atoms with Crippen molar-refractivity contribution in [1.82, 2.24) is 20.0 Å². The Morgan fingerprint density at radius 3 is 2.69 bits per heavy atom. The molecule has 0 spiro atoms. The van der Waals surface area contributed by atoms with Gasteiger partial charge in [0.2, 0.25) is 5.91 Å². The second-order valence-corrected chi connectivity index (χ2v) is 7.61. The summed E-state index contributed by atoms with van der Waals surface area (Å²) in [4.78, 5) is 27.3. The van der Waals surface area contributed by atoms with Crippen LogP contribution in [0.25, 0.3) is 0 Å². The van der Waals surface area contributed by atoms with Crippen LogP contribution in [0.1, 0.15) is 50.9 Å². The van der Waals surface area contributed by atoms with E-state index in [9.17, 15) is 14.0 Å². The second kappa shape index (κ2) is 9.26. The molecule has 1 unspecified atom stereocenters. The number of hydrogen-bond acceptors (Lipinski definition) is 4. The van der Waals surface area contributed by atoms with E-state index in [-0.39, 0.29) is 17.4 Å². The number of nitrogens with zero attached hydrogens (tertiary/aromatic N) is 3. The number of carbonyl (C=O) groups excluding carboxylic acids is 1. The van der Waals surface area contributed by atoms with E-state index in [0.29, 0.717) is 44.6 Å². The highest BCUT2D eigenvalue weighted by molar-refractivity contribution is 5.80. The van der Waals surface area contributed by atoms with Gasteiger partial charge < -0.3 is 5.32 Å². The summed E-state index contributed by atoms with van der Waals surface area (Å²) in [5.74, 6) is 0.0994. The molecule has 0 radical (unpaired) electrons. The Morgan fingerprint density at radius 1 is 1.42 bits per heavy atom.